The fourth-order valence-corrected chi connectivity index (χ4v) is 1.74. The molecule has 0 spiro atoms. The Bertz CT molecular complexity index is 763. The summed E-state index contributed by atoms with van der Waals surface area (Å²) in [6, 6.07) is 6.56. The monoisotopic (exact) mass is 283 g/mol. The van der Waals surface area contributed by atoms with Gasteiger partial charge in [0.1, 0.15) is 17.4 Å². The number of nitrogens with zero attached hydrogens (tertiary/aromatic N) is 3. The number of ether oxygens (including phenoxy) is 1. The third kappa shape index (κ3) is 2.82. The first-order chi connectivity index (χ1) is 9.93. The van der Waals surface area contributed by atoms with Gasteiger partial charge in [-0.05, 0) is 44.0 Å². The number of aromatic nitrogens is 2. The Morgan fingerprint density at radius 1 is 1.29 bits per heavy atom. The first kappa shape index (κ1) is 14.5. The third-order valence-corrected chi connectivity index (χ3v) is 3.18. The van der Waals surface area contributed by atoms with E-state index in [0.29, 0.717) is 22.6 Å². The number of carboxylic acid groups (broad SMARTS) is 1. The molecule has 0 amide bonds. The molecule has 0 atom stereocenters. The van der Waals surface area contributed by atoms with Gasteiger partial charge >= 0.3 is 5.97 Å². The molecule has 6 heteroatoms. The second-order valence-electron chi connectivity index (χ2n) is 4.59. The molecule has 0 saturated carbocycles. The van der Waals surface area contributed by atoms with E-state index in [-0.39, 0.29) is 11.4 Å². The Kier molecular flexibility index (Phi) is 3.85. The molecular weight excluding hydrogens is 270 g/mol. The van der Waals surface area contributed by atoms with Crippen molar-refractivity contribution in [3.8, 4) is 17.7 Å². The van der Waals surface area contributed by atoms with Crippen molar-refractivity contribution < 1.29 is 14.6 Å². The van der Waals surface area contributed by atoms with Crippen molar-refractivity contribution >= 4 is 5.97 Å². The Labute approximate surface area is 121 Å². The highest BCUT2D eigenvalue weighted by Crippen LogP contribution is 2.28. The number of carboxylic acids is 1. The Morgan fingerprint density at radius 3 is 2.62 bits per heavy atom. The van der Waals surface area contributed by atoms with Crippen molar-refractivity contribution in [2.45, 2.75) is 20.8 Å². The predicted molar refractivity (Wildman–Crippen MR) is 74.4 cm³/mol. The van der Waals surface area contributed by atoms with E-state index in [2.05, 4.69) is 10.2 Å². The van der Waals surface area contributed by atoms with Crippen LogP contribution in [0.3, 0.4) is 0 Å². The molecule has 2 aromatic rings. The summed E-state index contributed by atoms with van der Waals surface area (Å²) in [7, 11) is 0. The van der Waals surface area contributed by atoms with Crippen LogP contribution >= 0.6 is 0 Å². The van der Waals surface area contributed by atoms with Crippen LogP contribution in [0.5, 0.6) is 11.6 Å². The standard InChI is InChI=1S/C15H13N3O3/c1-8-4-5-11(15(19)20)6-13(8)21-14-12(7-16)9(2)10(3)17-18-14/h4-6H,1-3H3,(H,19,20). The summed E-state index contributed by atoms with van der Waals surface area (Å²) < 4.78 is 5.60. The average Bonchev–Trinajstić information content (AvgIpc) is 2.45. The fraction of sp³-hybridized carbons (Fsp3) is 0.200. The van der Waals surface area contributed by atoms with Gasteiger partial charge in [-0.3, -0.25) is 0 Å². The highest BCUT2D eigenvalue weighted by atomic mass is 16.5. The van der Waals surface area contributed by atoms with Crippen LogP contribution in [-0.4, -0.2) is 21.3 Å². The van der Waals surface area contributed by atoms with Gasteiger partial charge in [0.2, 0.25) is 0 Å². The van der Waals surface area contributed by atoms with E-state index < -0.39 is 5.97 Å². The molecule has 1 heterocycles. The number of carbonyl (C=O) groups is 1. The van der Waals surface area contributed by atoms with Crippen molar-refractivity contribution in [1.82, 2.24) is 10.2 Å². The molecule has 0 bridgehead atoms. The number of aryl methyl sites for hydroxylation is 2. The maximum Gasteiger partial charge on any atom is 0.335 e. The van der Waals surface area contributed by atoms with E-state index in [4.69, 9.17) is 9.84 Å². The maximum atomic E-state index is 11.0. The van der Waals surface area contributed by atoms with Gasteiger partial charge in [-0.15, -0.1) is 5.10 Å². The zero-order valence-electron chi connectivity index (χ0n) is 11.8. The summed E-state index contributed by atoms with van der Waals surface area (Å²) >= 11 is 0. The van der Waals surface area contributed by atoms with Crippen LogP contribution in [0.1, 0.15) is 32.7 Å². The van der Waals surface area contributed by atoms with Crippen molar-refractivity contribution in [1.29, 1.82) is 5.26 Å². The van der Waals surface area contributed by atoms with E-state index >= 15 is 0 Å². The minimum Gasteiger partial charge on any atom is -0.478 e. The minimum absolute atomic E-state index is 0.0752. The largest absolute Gasteiger partial charge is 0.478 e. The number of rotatable bonds is 3. The smallest absolute Gasteiger partial charge is 0.335 e. The summed E-state index contributed by atoms with van der Waals surface area (Å²) in [5.74, 6) is -0.637. The van der Waals surface area contributed by atoms with Crippen LogP contribution in [0.25, 0.3) is 0 Å². The quantitative estimate of drug-likeness (QED) is 0.930. The zero-order valence-corrected chi connectivity index (χ0v) is 11.8. The van der Waals surface area contributed by atoms with E-state index in [0.717, 1.165) is 5.56 Å². The highest BCUT2D eigenvalue weighted by molar-refractivity contribution is 5.88. The second kappa shape index (κ2) is 5.59. The van der Waals surface area contributed by atoms with E-state index in [1.807, 2.05) is 6.07 Å². The van der Waals surface area contributed by atoms with Crippen molar-refractivity contribution in [2.24, 2.45) is 0 Å². The van der Waals surface area contributed by atoms with Crippen LogP contribution in [0.2, 0.25) is 0 Å². The van der Waals surface area contributed by atoms with E-state index in [9.17, 15) is 10.1 Å². The number of benzene rings is 1. The Morgan fingerprint density at radius 2 is 2.00 bits per heavy atom. The first-order valence-corrected chi connectivity index (χ1v) is 6.19. The fourth-order valence-electron chi connectivity index (χ4n) is 1.74. The van der Waals surface area contributed by atoms with Crippen LogP contribution in [0.15, 0.2) is 18.2 Å². The third-order valence-electron chi connectivity index (χ3n) is 3.18. The summed E-state index contributed by atoms with van der Waals surface area (Å²) in [6.45, 7) is 5.29. The van der Waals surface area contributed by atoms with Crippen molar-refractivity contribution in [2.75, 3.05) is 0 Å². The Balaban J connectivity index is 2.48. The summed E-state index contributed by atoms with van der Waals surface area (Å²) in [5.41, 5.74) is 2.47. The van der Waals surface area contributed by atoms with Crippen molar-refractivity contribution in [3.05, 3.63) is 46.1 Å². The van der Waals surface area contributed by atoms with Gasteiger partial charge in [-0.2, -0.15) is 10.4 Å². The number of hydrogen-bond acceptors (Lipinski definition) is 5. The number of nitriles is 1. The molecule has 0 unspecified atom stereocenters. The van der Waals surface area contributed by atoms with Gasteiger partial charge < -0.3 is 9.84 Å². The van der Waals surface area contributed by atoms with Crippen LogP contribution in [0.4, 0.5) is 0 Å². The van der Waals surface area contributed by atoms with E-state index in [1.165, 1.54) is 12.1 Å². The van der Waals surface area contributed by atoms with Crippen LogP contribution in [0, 0.1) is 32.1 Å². The maximum absolute atomic E-state index is 11.0. The molecule has 0 aliphatic heterocycles. The lowest BCUT2D eigenvalue weighted by Gasteiger charge is -2.11. The minimum atomic E-state index is -1.05. The van der Waals surface area contributed by atoms with Crippen molar-refractivity contribution in [3.63, 3.8) is 0 Å². The molecule has 1 aromatic heterocycles. The summed E-state index contributed by atoms with van der Waals surface area (Å²) in [5, 5.41) is 26.0. The molecule has 0 fully saturated rings. The molecule has 0 aliphatic rings. The summed E-state index contributed by atoms with van der Waals surface area (Å²) in [4.78, 5) is 11.0. The highest BCUT2D eigenvalue weighted by Gasteiger charge is 2.15. The molecule has 1 aromatic carbocycles. The molecule has 0 radical (unpaired) electrons. The van der Waals surface area contributed by atoms with Gasteiger partial charge in [0.05, 0.1) is 11.3 Å². The first-order valence-electron chi connectivity index (χ1n) is 6.19. The molecule has 1 N–H and O–H groups in total. The molecule has 2 rings (SSSR count). The van der Waals surface area contributed by atoms with E-state index in [1.54, 1.807) is 26.8 Å². The second-order valence-corrected chi connectivity index (χ2v) is 4.59. The molecule has 21 heavy (non-hydrogen) atoms. The topological polar surface area (TPSA) is 96.1 Å². The van der Waals surface area contributed by atoms with Gasteiger partial charge in [0.25, 0.3) is 5.88 Å². The lowest BCUT2D eigenvalue weighted by molar-refractivity contribution is 0.0696. The molecule has 0 saturated heterocycles. The summed E-state index contributed by atoms with van der Waals surface area (Å²) in [6.07, 6.45) is 0. The lowest BCUT2D eigenvalue weighted by atomic mass is 10.1. The average molecular weight is 283 g/mol. The van der Waals surface area contributed by atoms with Gasteiger partial charge in [-0.1, -0.05) is 6.07 Å². The zero-order chi connectivity index (χ0) is 15.6. The molecule has 0 aliphatic carbocycles. The molecular formula is C15H13N3O3. The SMILES string of the molecule is Cc1ccc(C(=O)O)cc1Oc1nnc(C)c(C)c1C#N. The number of aromatic carboxylic acids is 1. The van der Waals surface area contributed by atoms with Crippen LogP contribution in [-0.2, 0) is 0 Å². The normalized spacial score (nSPS) is 10.0. The molecule has 6 nitrogen and oxygen atoms in total. The van der Waals surface area contributed by atoms with Crippen LogP contribution < -0.4 is 4.74 Å². The van der Waals surface area contributed by atoms with Gasteiger partial charge in [0.15, 0.2) is 0 Å². The van der Waals surface area contributed by atoms with Gasteiger partial charge in [-0.25, -0.2) is 4.79 Å². The molecule has 106 valence electrons. The Hall–Kier alpha value is -2.94. The lowest BCUT2D eigenvalue weighted by Crippen LogP contribution is -2.02. The van der Waals surface area contributed by atoms with Gasteiger partial charge in [0, 0.05) is 0 Å². The predicted octanol–water partition coefficient (Wildman–Crippen LogP) is 2.76. The number of hydrogen-bond donors (Lipinski definition) is 1.